The summed E-state index contributed by atoms with van der Waals surface area (Å²) in [6.07, 6.45) is 0. The van der Waals surface area contributed by atoms with Crippen LogP contribution in [0.15, 0.2) is 0 Å². The number of carboxylic acids is 1. The van der Waals surface area contributed by atoms with Crippen molar-refractivity contribution in [2.45, 2.75) is 0 Å². The molecule has 0 saturated heterocycles. The SMILES string of the molecule is NCC(=O)NCC(=O)NCC(=O)NCC(=O)NCC(=O)NCC(=O)NCC(=O)NCC(=O)NCC(=O)NCC(=O)O. The van der Waals surface area contributed by atoms with E-state index in [1.165, 1.54) is 0 Å². The molecule has 0 heterocycles. The Labute approximate surface area is 231 Å². The first kappa shape index (κ1) is 35.7. The number of carboxylic acid groups (broad SMARTS) is 1. The summed E-state index contributed by atoms with van der Waals surface area (Å²) in [5.41, 5.74) is 5.05. The van der Waals surface area contributed by atoms with Gasteiger partial charge >= 0.3 is 5.97 Å². The second kappa shape index (κ2) is 20.6. The lowest BCUT2D eigenvalue weighted by atomic mass is 10.4. The predicted octanol–water partition coefficient (Wildman–Crippen LogP) is -8.92. The standard InChI is InChI=1S/C20H32N10O11/c21-1-11(31)22-2-12(32)23-3-13(33)24-4-14(34)25-5-15(35)26-6-16(36)27-7-17(37)28-8-18(38)29-9-19(39)30-10-20(40)41/h1-10,21H2,(H,22,31)(H,23,32)(H,24,33)(H,25,34)(H,26,35)(H,27,36)(H,28,37)(H,29,38)(H,30,39)(H,40,41). The summed E-state index contributed by atoms with van der Waals surface area (Å²) < 4.78 is 0. The Morgan fingerprint density at radius 2 is 0.512 bits per heavy atom. The number of rotatable bonds is 19. The molecule has 0 unspecified atom stereocenters. The van der Waals surface area contributed by atoms with E-state index in [2.05, 4.69) is 42.5 Å². The lowest BCUT2D eigenvalue weighted by molar-refractivity contribution is -0.138. The third-order valence-corrected chi connectivity index (χ3v) is 4.19. The van der Waals surface area contributed by atoms with Crippen LogP contribution in [0.25, 0.3) is 0 Å². The number of hydrogen-bond acceptors (Lipinski definition) is 11. The van der Waals surface area contributed by atoms with Crippen molar-refractivity contribution in [3.8, 4) is 0 Å². The topological polar surface area (TPSA) is 325 Å². The van der Waals surface area contributed by atoms with Crippen molar-refractivity contribution in [3.05, 3.63) is 0 Å². The molecule has 0 saturated carbocycles. The summed E-state index contributed by atoms with van der Waals surface area (Å²) in [6.45, 7) is -4.95. The van der Waals surface area contributed by atoms with E-state index in [0.29, 0.717) is 0 Å². The first-order chi connectivity index (χ1) is 19.3. The highest BCUT2D eigenvalue weighted by molar-refractivity contribution is 5.93. The Balaban J connectivity index is 3.95. The van der Waals surface area contributed by atoms with Crippen molar-refractivity contribution in [1.82, 2.24) is 47.9 Å². The number of nitrogens with one attached hydrogen (secondary N) is 9. The smallest absolute Gasteiger partial charge is 0.322 e. The van der Waals surface area contributed by atoms with Crippen LogP contribution in [0.5, 0.6) is 0 Å². The molecule has 0 fully saturated rings. The average molecular weight is 589 g/mol. The molecule has 21 heteroatoms. The van der Waals surface area contributed by atoms with Crippen molar-refractivity contribution in [3.63, 3.8) is 0 Å². The lowest BCUT2D eigenvalue weighted by Gasteiger charge is -2.10. The van der Waals surface area contributed by atoms with E-state index >= 15 is 0 Å². The summed E-state index contributed by atoms with van der Waals surface area (Å²) in [7, 11) is 0. The maximum Gasteiger partial charge on any atom is 0.322 e. The van der Waals surface area contributed by atoms with Gasteiger partial charge in [-0.2, -0.15) is 0 Å². The van der Waals surface area contributed by atoms with Gasteiger partial charge in [0.25, 0.3) is 0 Å². The number of aliphatic carboxylic acids is 1. The molecule has 9 amide bonds. The molecule has 228 valence electrons. The number of hydrogen-bond donors (Lipinski definition) is 11. The van der Waals surface area contributed by atoms with Crippen molar-refractivity contribution >= 4 is 59.1 Å². The first-order valence-corrected chi connectivity index (χ1v) is 11.6. The minimum absolute atomic E-state index is 0.303. The Kier molecular flexibility index (Phi) is 17.9. The van der Waals surface area contributed by atoms with Crippen molar-refractivity contribution in [2.24, 2.45) is 5.73 Å². The van der Waals surface area contributed by atoms with Crippen LogP contribution in [0.2, 0.25) is 0 Å². The van der Waals surface area contributed by atoms with E-state index in [1.54, 1.807) is 0 Å². The second-order valence-corrected chi connectivity index (χ2v) is 7.59. The van der Waals surface area contributed by atoms with Gasteiger partial charge in [-0.3, -0.25) is 47.9 Å². The summed E-state index contributed by atoms with van der Waals surface area (Å²) in [5, 5.41) is 27.8. The van der Waals surface area contributed by atoms with E-state index in [9.17, 15) is 47.9 Å². The Morgan fingerprint density at radius 3 is 0.683 bits per heavy atom. The predicted molar refractivity (Wildman–Crippen MR) is 134 cm³/mol. The summed E-state index contributed by atoms with van der Waals surface area (Å²) in [4.78, 5) is 114. The molecule has 0 aromatic rings. The average Bonchev–Trinajstić information content (AvgIpc) is 2.94. The minimum Gasteiger partial charge on any atom is -0.480 e. The molecule has 0 rings (SSSR count). The van der Waals surface area contributed by atoms with E-state index in [0.717, 1.165) is 0 Å². The second-order valence-electron chi connectivity index (χ2n) is 7.59. The molecule has 0 aromatic heterocycles. The molecular formula is C20H32N10O11. The molecule has 41 heavy (non-hydrogen) atoms. The van der Waals surface area contributed by atoms with E-state index in [4.69, 9.17) is 10.8 Å². The fourth-order valence-electron chi connectivity index (χ4n) is 2.18. The maximum atomic E-state index is 11.7. The normalized spacial score (nSPS) is 9.68. The number of carbonyl (C=O) groups excluding carboxylic acids is 9. The van der Waals surface area contributed by atoms with Crippen LogP contribution < -0.4 is 53.6 Å². The summed E-state index contributed by atoms with van der Waals surface area (Å²) in [5.74, 6) is -7.74. The monoisotopic (exact) mass is 588 g/mol. The quantitative estimate of drug-likeness (QED) is 0.0670. The zero-order valence-electron chi connectivity index (χ0n) is 21.7. The zero-order chi connectivity index (χ0) is 31.2. The molecule has 0 aliphatic carbocycles. The van der Waals surface area contributed by atoms with Crippen LogP contribution in [0, 0.1) is 0 Å². The van der Waals surface area contributed by atoms with Gasteiger partial charge < -0.3 is 58.7 Å². The fourth-order valence-corrected chi connectivity index (χ4v) is 2.18. The number of amides is 9. The van der Waals surface area contributed by atoms with Gasteiger partial charge in [-0.25, -0.2) is 0 Å². The third kappa shape index (κ3) is 21.3. The fraction of sp³-hybridized carbons (Fsp3) is 0.500. The number of carbonyl (C=O) groups is 10. The molecule has 12 N–H and O–H groups in total. The van der Waals surface area contributed by atoms with Crippen LogP contribution >= 0.6 is 0 Å². The van der Waals surface area contributed by atoms with Gasteiger partial charge in [-0.15, -0.1) is 0 Å². The Morgan fingerprint density at radius 1 is 0.341 bits per heavy atom. The van der Waals surface area contributed by atoms with Crippen molar-refractivity contribution < 1.29 is 53.1 Å². The molecule has 0 atom stereocenters. The molecule has 0 bridgehead atoms. The molecule has 0 aromatic carbocycles. The highest BCUT2D eigenvalue weighted by atomic mass is 16.4. The van der Waals surface area contributed by atoms with E-state index < -0.39 is 111 Å². The molecule has 0 aliphatic heterocycles. The maximum absolute atomic E-state index is 11.7. The van der Waals surface area contributed by atoms with Gasteiger partial charge in [-0.05, 0) is 0 Å². The van der Waals surface area contributed by atoms with E-state index in [-0.39, 0.29) is 13.1 Å². The van der Waals surface area contributed by atoms with Gasteiger partial charge in [0.1, 0.15) is 6.54 Å². The molecule has 0 aliphatic rings. The molecular weight excluding hydrogens is 556 g/mol. The number of nitrogens with two attached hydrogens (primary N) is 1. The molecule has 0 spiro atoms. The first-order valence-electron chi connectivity index (χ1n) is 11.6. The summed E-state index contributed by atoms with van der Waals surface area (Å²) >= 11 is 0. The Bertz CT molecular complexity index is 1020. The highest BCUT2D eigenvalue weighted by Crippen LogP contribution is 1.74. The Hall–Kier alpha value is -5.34. The van der Waals surface area contributed by atoms with Crippen LogP contribution in [0.4, 0.5) is 0 Å². The van der Waals surface area contributed by atoms with Gasteiger partial charge in [0.15, 0.2) is 0 Å². The summed E-state index contributed by atoms with van der Waals surface area (Å²) in [6, 6.07) is 0. The van der Waals surface area contributed by atoms with Crippen molar-refractivity contribution in [1.29, 1.82) is 0 Å². The van der Waals surface area contributed by atoms with Gasteiger partial charge in [0, 0.05) is 0 Å². The van der Waals surface area contributed by atoms with Gasteiger partial charge in [-0.1, -0.05) is 0 Å². The lowest BCUT2D eigenvalue weighted by Crippen LogP contribution is -2.47. The third-order valence-electron chi connectivity index (χ3n) is 4.19. The molecule has 0 radical (unpaired) electrons. The molecule has 21 nitrogen and oxygen atoms in total. The van der Waals surface area contributed by atoms with Crippen LogP contribution in [-0.4, -0.2) is 130 Å². The van der Waals surface area contributed by atoms with Crippen LogP contribution in [0.1, 0.15) is 0 Å². The minimum atomic E-state index is -1.26. The van der Waals surface area contributed by atoms with Crippen LogP contribution in [-0.2, 0) is 47.9 Å². The van der Waals surface area contributed by atoms with Gasteiger partial charge in [0.05, 0.1) is 58.9 Å². The zero-order valence-corrected chi connectivity index (χ0v) is 21.7. The highest BCUT2D eigenvalue weighted by Gasteiger charge is 2.12. The largest absolute Gasteiger partial charge is 0.480 e. The van der Waals surface area contributed by atoms with Crippen molar-refractivity contribution in [2.75, 3.05) is 65.4 Å². The van der Waals surface area contributed by atoms with E-state index in [1.807, 2.05) is 5.32 Å². The van der Waals surface area contributed by atoms with Gasteiger partial charge in [0.2, 0.25) is 53.2 Å². The van der Waals surface area contributed by atoms with Crippen LogP contribution in [0.3, 0.4) is 0 Å².